The van der Waals surface area contributed by atoms with Gasteiger partial charge in [0.05, 0.1) is 20.3 Å². The number of hydrogen-bond acceptors (Lipinski definition) is 4. The number of hydrogen-bond donors (Lipinski definition) is 2. The summed E-state index contributed by atoms with van der Waals surface area (Å²) in [5, 5.41) is 6.36. The lowest BCUT2D eigenvalue weighted by molar-refractivity contribution is -0.123. The molecule has 5 nitrogen and oxygen atoms in total. The Bertz CT molecular complexity index is 781. The quantitative estimate of drug-likeness (QED) is 0.834. The molecule has 1 aliphatic heterocycles. The van der Waals surface area contributed by atoms with Gasteiger partial charge in [0.1, 0.15) is 5.82 Å². The molecule has 1 saturated heterocycles. The highest BCUT2D eigenvalue weighted by molar-refractivity contribution is 5.77. The fraction of sp³-hybridized carbons (Fsp3) is 0.350. The van der Waals surface area contributed by atoms with Gasteiger partial charge in [-0.3, -0.25) is 4.79 Å². The molecule has 0 spiro atoms. The Balaban J connectivity index is 1.75. The largest absolute Gasteiger partial charge is 0.493 e. The normalized spacial score (nSPS) is 19.7. The van der Waals surface area contributed by atoms with Gasteiger partial charge >= 0.3 is 0 Å². The third-order valence-electron chi connectivity index (χ3n) is 4.66. The molecule has 1 amide bonds. The standard InChI is InChI=1S/C20H23FN2O3/c1-25-17-9-7-13(11-18(17)26-2)12-22-16-8-10-19(24)23-20(16)14-5-3-4-6-15(14)21/h3-7,9,11,16,20,22H,8,10,12H2,1-2H3,(H,23,24)/t16-,20+/m1/s1. The van der Waals surface area contributed by atoms with Crippen LogP contribution in [0, 0.1) is 5.82 Å². The molecule has 2 atom stereocenters. The van der Waals surface area contributed by atoms with E-state index in [4.69, 9.17) is 9.47 Å². The Kier molecular flexibility index (Phi) is 5.73. The molecule has 1 heterocycles. The van der Waals surface area contributed by atoms with Gasteiger partial charge in [-0.15, -0.1) is 0 Å². The van der Waals surface area contributed by atoms with Crippen molar-refractivity contribution in [3.63, 3.8) is 0 Å². The minimum atomic E-state index is -0.391. The third-order valence-corrected chi connectivity index (χ3v) is 4.66. The first-order chi connectivity index (χ1) is 12.6. The number of rotatable bonds is 6. The van der Waals surface area contributed by atoms with E-state index in [-0.39, 0.29) is 17.8 Å². The number of carbonyl (C=O) groups is 1. The van der Waals surface area contributed by atoms with Gasteiger partial charge in [0.15, 0.2) is 11.5 Å². The number of amides is 1. The van der Waals surface area contributed by atoms with Crippen molar-refractivity contribution in [2.24, 2.45) is 0 Å². The van der Waals surface area contributed by atoms with Crippen molar-refractivity contribution < 1.29 is 18.7 Å². The van der Waals surface area contributed by atoms with Crippen LogP contribution in [0.2, 0.25) is 0 Å². The minimum absolute atomic E-state index is 0.0533. The van der Waals surface area contributed by atoms with Crippen LogP contribution in [-0.2, 0) is 11.3 Å². The Morgan fingerprint density at radius 2 is 1.92 bits per heavy atom. The van der Waals surface area contributed by atoms with E-state index in [9.17, 15) is 9.18 Å². The Morgan fingerprint density at radius 1 is 1.15 bits per heavy atom. The molecule has 0 unspecified atom stereocenters. The van der Waals surface area contributed by atoms with Gasteiger partial charge in [-0.1, -0.05) is 24.3 Å². The van der Waals surface area contributed by atoms with Crippen molar-refractivity contribution in [3.05, 3.63) is 59.4 Å². The zero-order valence-electron chi connectivity index (χ0n) is 14.9. The van der Waals surface area contributed by atoms with Crippen molar-refractivity contribution in [2.45, 2.75) is 31.5 Å². The Hall–Kier alpha value is -2.60. The first-order valence-corrected chi connectivity index (χ1v) is 8.60. The molecule has 6 heteroatoms. The Morgan fingerprint density at radius 3 is 2.65 bits per heavy atom. The summed E-state index contributed by atoms with van der Waals surface area (Å²) < 4.78 is 24.8. The van der Waals surface area contributed by atoms with Crippen LogP contribution in [0.15, 0.2) is 42.5 Å². The summed E-state index contributed by atoms with van der Waals surface area (Å²) in [5.41, 5.74) is 1.53. The second-order valence-electron chi connectivity index (χ2n) is 6.28. The average molecular weight is 358 g/mol. The van der Waals surface area contributed by atoms with Crippen molar-refractivity contribution in [1.29, 1.82) is 0 Å². The number of halogens is 1. The van der Waals surface area contributed by atoms with Crippen molar-refractivity contribution in [2.75, 3.05) is 14.2 Å². The summed E-state index contributed by atoms with van der Waals surface area (Å²) in [5.74, 6) is 0.972. The number of carbonyl (C=O) groups excluding carboxylic acids is 1. The SMILES string of the molecule is COc1ccc(CN[C@@H]2CCC(=O)N[C@H]2c2ccccc2F)cc1OC. The fourth-order valence-electron chi connectivity index (χ4n) is 3.28. The van der Waals surface area contributed by atoms with E-state index in [2.05, 4.69) is 10.6 Å². The van der Waals surface area contributed by atoms with E-state index in [1.165, 1.54) is 6.07 Å². The first kappa shape index (κ1) is 18.2. The van der Waals surface area contributed by atoms with Gasteiger partial charge in [-0.25, -0.2) is 4.39 Å². The maximum absolute atomic E-state index is 14.2. The zero-order valence-corrected chi connectivity index (χ0v) is 14.9. The second kappa shape index (κ2) is 8.19. The van der Waals surface area contributed by atoms with Crippen molar-refractivity contribution in [1.82, 2.24) is 10.6 Å². The van der Waals surface area contributed by atoms with Gasteiger partial charge in [-0.05, 0) is 30.2 Å². The molecule has 0 saturated carbocycles. The highest BCUT2D eigenvalue weighted by Crippen LogP contribution is 2.29. The number of nitrogens with one attached hydrogen (secondary N) is 2. The average Bonchev–Trinajstić information content (AvgIpc) is 2.67. The molecule has 3 rings (SSSR count). The molecule has 2 aromatic carbocycles. The third kappa shape index (κ3) is 3.96. The van der Waals surface area contributed by atoms with Gasteiger partial charge in [0.2, 0.25) is 5.91 Å². The molecule has 2 aromatic rings. The topological polar surface area (TPSA) is 59.6 Å². The molecule has 26 heavy (non-hydrogen) atoms. The maximum Gasteiger partial charge on any atom is 0.220 e. The monoisotopic (exact) mass is 358 g/mol. The lowest BCUT2D eigenvalue weighted by atomic mass is 9.91. The summed E-state index contributed by atoms with van der Waals surface area (Å²) in [6, 6.07) is 11.8. The number of piperidine rings is 1. The summed E-state index contributed by atoms with van der Waals surface area (Å²) in [7, 11) is 3.19. The summed E-state index contributed by atoms with van der Waals surface area (Å²) >= 11 is 0. The highest BCUT2D eigenvalue weighted by Gasteiger charge is 2.31. The molecule has 0 bridgehead atoms. The van der Waals surface area contributed by atoms with Crippen LogP contribution >= 0.6 is 0 Å². The van der Waals surface area contributed by atoms with Crippen LogP contribution in [-0.4, -0.2) is 26.2 Å². The van der Waals surface area contributed by atoms with Gasteiger partial charge in [-0.2, -0.15) is 0 Å². The molecule has 1 aliphatic rings. The van der Waals surface area contributed by atoms with Gasteiger partial charge in [0, 0.05) is 24.6 Å². The molecular weight excluding hydrogens is 335 g/mol. The first-order valence-electron chi connectivity index (χ1n) is 8.60. The maximum atomic E-state index is 14.2. The molecule has 0 aromatic heterocycles. The fourth-order valence-corrected chi connectivity index (χ4v) is 3.28. The molecule has 0 aliphatic carbocycles. The lowest BCUT2D eigenvalue weighted by Crippen LogP contribution is -2.48. The van der Waals surface area contributed by atoms with Crippen LogP contribution in [0.5, 0.6) is 11.5 Å². The zero-order chi connectivity index (χ0) is 18.5. The van der Waals surface area contributed by atoms with Crippen molar-refractivity contribution >= 4 is 5.91 Å². The van der Waals surface area contributed by atoms with Crippen LogP contribution in [0.4, 0.5) is 4.39 Å². The van der Waals surface area contributed by atoms with Crippen LogP contribution < -0.4 is 20.1 Å². The molecule has 138 valence electrons. The van der Waals surface area contributed by atoms with E-state index >= 15 is 0 Å². The molecule has 0 radical (unpaired) electrons. The van der Waals surface area contributed by atoms with Crippen LogP contribution in [0.25, 0.3) is 0 Å². The predicted molar refractivity (Wildman–Crippen MR) is 96.7 cm³/mol. The Labute approximate surface area is 152 Å². The van der Waals surface area contributed by atoms with E-state index in [1.54, 1.807) is 32.4 Å². The minimum Gasteiger partial charge on any atom is -0.493 e. The predicted octanol–water partition coefficient (Wildman–Crippen LogP) is 2.95. The van der Waals surface area contributed by atoms with E-state index in [0.29, 0.717) is 36.4 Å². The number of methoxy groups -OCH3 is 2. The summed E-state index contributed by atoms with van der Waals surface area (Å²) in [6.45, 7) is 0.575. The smallest absolute Gasteiger partial charge is 0.220 e. The summed E-state index contributed by atoms with van der Waals surface area (Å²) in [4.78, 5) is 11.8. The number of ether oxygens (including phenoxy) is 2. The second-order valence-corrected chi connectivity index (χ2v) is 6.28. The molecule has 1 fully saturated rings. The van der Waals surface area contributed by atoms with Crippen LogP contribution in [0.1, 0.15) is 30.0 Å². The van der Waals surface area contributed by atoms with Gasteiger partial charge in [0.25, 0.3) is 0 Å². The summed E-state index contributed by atoms with van der Waals surface area (Å²) in [6.07, 6.45) is 1.08. The van der Waals surface area contributed by atoms with E-state index < -0.39 is 6.04 Å². The van der Waals surface area contributed by atoms with Crippen molar-refractivity contribution in [3.8, 4) is 11.5 Å². The number of benzene rings is 2. The highest BCUT2D eigenvalue weighted by atomic mass is 19.1. The molecule has 2 N–H and O–H groups in total. The molecular formula is C20H23FN2O3. The van der Waals surface area contributed by atoms with Crippen LogP contribution in [0.3, 0.4) is 0 Å². The van der Waals surface area contributed by atoms with E-state index in [1.807, 2.05) is 18.2 Å². The van der Waals surface area contributed by atoms with E-state index in [0.717, 1.165) is 5.56 Å². The lowest BCUT2D eigenvalue weighted by Gasteiger charge is -2.33. The van der Waals surface area contributed by atoms with Gasteiger partial charge < -0.3 is 20.1 Å².